The number of hydrogen-bond donors (Lipinski definition) is 0. The number of alkyl halides is 3. The molecule has 0 aliphatic rings. The van der Waals surface area contributed by atoms with Crippen molar-refractivity contribution in [2.75, 3.05) is 0 Å². The molecule has 0 saturated carbocycles. The van der Waals surface area contributed by atoms with E-state index in [9.17, 15) is 17.6 Å². The largest absolute Gasteiger partial charge is 0.416 e. The third-order valence-corrected chi connectivity index (χ3v) is 5.83. The minimum absolute atomic E-state index is 0.346. The first kappa shape index (κ1) is 21.1. The smallest absolute Gasteiger partial charge is 0.249 e. The van der Waals surface area contributed by atoms with E-state index < -0.39 is 11.7 Å². The lowest BCUT2D eigenvalue weighted by Gasteiger charge is -2.12. The standard InChI is InChI=1S/C25H17F4NS/c26-22-8-4-7-19(13-22)23-14-20(18-5-2-1-3-6-18)15-30-24(23)31-16-17-9-11-21(12-10-17)25(27,28)29/h1-15H,16H2. The Hall–Kier alpha value is -3.12. The Balaban J connectivity index is 1.65. The van der Waals surface area contributed by atoms with Gasteiger partial charge in [0.15, 0.2) is 0 Å². The van der Waals surface area contributed by atoms with Gasteiger partial charge >= 0.3 is 6.18 Å². The Kier molecular flexibility index (Phi) is 6.09. The van der Waals surface area contributed by atoms with E-state index in [4.69, 9.17) is 0 Å². The van der Waals surface area contributed by atoms with E-state index in [-0.39, 0.29) is 5.82 Å². The van der Waals surface area contributed by atoms with Gasteiger partial charge in [0.25, 0.3) is 0 Å². The van der Waals surface area contributed by atoms with Crippen LogP contribution in [0.5, 0.6) is 0 Å². The van der Waals surface area contributed by atoms with Crippen molar-refractivity contribution in [2.45, 2.75) is 17.0 Å². The SMILES string of the molecule is Fc1cccc(-c2cc(-c3ccccc3)cnc2SCc2ccc(C(F)(F)F)cc2)c1. The number of thioether (sulfide) groups is 1. The van der Waals surface area contributed by atoms with Crippen LogP contribution in [0.4, 0.5) is 17.6 Å². The molecule has 0 fully saturated rings. The minimum atomic E-state index is -4.36. The van der Waals surface area contributed by atoms with E-state index >= 15 is 0 Å². The first-order valence-electron chi connectivity index (χ1n) is 9.50. The lowest BCUT2D eigenvalue weighted by Crippen LogP contribution is -2.04. The third-order valence-electron chi connectivity index (χ3n) is 4.75. The maximum Gasteiger partial charge on any atom is 0.416 e. The summed E-state index contributed by atoms with van der Waals surface area (Å²) < 4.78 is 52.2. The molecule has 156 valence electrons. The predicted octanol–water partition coefficient (Wildman–Crippen LogP) is 7.87. The normalized spacial score (nSPS) is 11.5. The summed E-state index contributed by atoms with van der Waals surface area (Å²) in [6, 6.07) is 23.1. The Morgan fingerprint density at radius 3 is 2.13 bits per heavy atom. The highest BCUT2D eigenvalue weighted by Gasteiger charge is 2.29. The van der Waals surface area contributed by atoms with Crippen LogP contribution >= 0.6 is 11.8 Å². The summed E-state index contributed by atoms with van der Waals surface area (Å²) in [7, 11) is 0. The molecule has 6 heteroatoms. The van der Waals surface area contributed by atoms with Crippen LogP contribution in [0.25, 0.3) is 22.3 Å². The van der Waals surface area contributed by atoms with Crippen LogP contribution in [-0.4, -0.2) is 4.98 Å². The van der Waals surface area contributed by atoms with E-state index in [1.807, 2.05) is 42.5 Å². The van der Waals surface area contributed by atoms with Gasteiger partial charge in [-0.15, -0.1) is 11.8 Å². The van der Waals surface area contributed by atoms with Gasteiger partial charge in [-0.05, 0) is 47.0 Å². The molecule has 1 heterocycles. The fourth-order valence-corrected chi connectivity index (χ4v) is 4.12. The molecule has 0 aliphatic carbocycles. The summed E-state index contributed by atoms with van der Waals surface area (Å²) in [5.41, 5.74) is 3.44. The molecule has 31 heavy (non-hydrogen) atoms. The summed E-state index contributed by atoms with van der Waals surface area (Å²) >= 11 is 1.40. The van der Waals surface area contributed by atoms with Crippen LogP contribution in [0, 0.1) is 5.82 Å². The number of nitrogens with zero attached hydrogens (tertiary/aromatic N) is 1. The lowest BCUT2D eigenvalue weighted by molar-refractivity contribution is -0.137. The third kappa shape index (κ3) is 5.14. The van der Waals surface area contributed by atoms with E-state index in [1.165, 1.54) is 36.0 Å². The number of hydrogen-bond acceptors (Lipinski definition) is 2. The molecular formula is C25H17F4NS. The molecule has 0 radical (unpaired) electrons. The molecule has 0 aliphatic heterocycles. The summed E-state index contributed by atoms with van der Waals surface area (Å²) in [6.07, 6.45) is -2.60. The summed E-state index contributed by atoms with van der Waals surface area (Å²) in [6.45, 7) is 0. The van der Waals surface area contributed by atoms with Crippen LogP contribution in [-0.2, 0) is 11.9 Å². The maximum atomic E-state index is 13.9. The zero-order valence-corrected chi connectivity index (χ0v) is 17.1. The molecule has 0 saturated heterocycles. The zero-order chi connectivity index (χ0) is 21.8. The fraction of sp³-hybridized carbons (Fsp3) is 0.0800. The number of aromatic nitrogens is 1. The van der Waals surface area contributed by atoms with Gasteiger partial charge in [0.1, 0.15) is 10.8 Å². The molecule has 4 rings (SSSR count). The Morgan fingerprint density at radius 1 is 0.742 bits per heavy atom. The Bertz CT molecular complexity index is 1170. The van der Waals surface area contributed by atoms with Gasteiger partial charge in [-0.3, -0.25) is 0 Å². The monoisotopic (exact) mass is 439 g/mol. The van der Waals surface area contributed by atoms with Crippen molar-refractivity contribution < 1.29 is 17.6 Å². The van der Waals surface area contributed by atoms with Gasteiger partial charge in [-0.2, -0.15) is 13.2 Å². The molecular weight excluding hydrogens is 422 g/mol. The number of rotatable bonds is 5. The average molecular weight is 439 g/mol. The van der Waals surface area contributed by atoms with Crippen molar-refractivity contribution in [1.82, 2.24) is 4.98 Å². The highest BCUT2D eigenvalue weighted by Crippen LogP contribution is 2.36. The molecule has 0 atom stereocenters. The summed E-state index contributed by atoms with van der Waals surface area (Å²) in [4.78, 5) is 4.59. The molecule has 1 nitrogen and oxygen atoms in total. The van der Waals surface area contributed by atoms with Gasteiger partial charge in [0.05, 0.1) is 5.56 Å². The fourth-order valence-electron chi connectivity index (χ4n) is 3.16. The zero-order valence-electron chi connectivity index (χ0n) is 16.2. The van der Waals surface area contributed by atoms with Crippen LogP contribution in [0.2, 0.25) is 0 Å². The van der Waals surface area contributed by atoms with Crippen molar-refractivity contribution in [2.24, 2.45) is 0 Å². The molecule has 0 amide bonds. The highest BCUT2D eigenvalue weighted by atomic mass is 32.2. The van der Waals surface area contributed by atoms with Crippen LogP contribution in [0.1, 0.15) is 11.1 Å². The second-order valence-corrected chi connectivity index (χ2v) is 7.90. The van der Waals surface area contributed by atoms with Crippen molar-refractivity contribution >= 4 is 11.8 Å². The van der Waals surface area contributed by atoms with Crippen molar-refractivity contribution in [3.8, 4) is 22.3 Å². The van der Waals surface area contributed by atoms with Gasteiger partial charge < -0.3 is 0 Å². The van der Waals surface area contributed by atoms with Crippen LogP contribution in [0.15, 0.2) is 96.2 Å². The van der Waals surface area contributed by atoms with Gasteiger partial charge in [-0.1, -0.05) is 54.6 Å². The highest BCUT2D eigenvalue weighted by molar-refractivity contribution is 7.98. The molecule has 0 bridgehead atoms. The van der Waals surface area contributed by atoms with Crippen LogP contribution < -0.4 is 0 Å². The first-order valence-corrected chi connectivity index (χ1v) is 10.5. The lowest BCUT2D eigenvalue weighted by atomic mass is 10.0. The van der Waals surface area contributed by atoms with E-state index in [0.717, 1.165) is 34.4 Å². The Labute approximate surface area is 181 Å². The van der Waals surface area contributed by atoms with Crippen LogP contribution in [0.3, 0.4) is 0 Å². The second-order valence-electron chi connectivity index (χ2n) is 6.94. The first-order chi connectivity index (χ1) is 14.9. The van der Waals surface area contributed by atoms with Crippen molar-refractivity contribution in [3.63, 3.8) is 0 Å². The quantitative estimate of drug-likeness (QED) is 0.232. The molecule has 1 aromatic heterocycles. The van der Waals surface area contributed by atoms with Crippen molar-refractivity contribution in [3.05, 3.63) is 108 Å². The van der Waals surface area contributed by atoms with E-state index in [2.05, 4.69) is 4.98 Å². The summed E-state index contributed by atoms with van der Waals surface area (Å²) in [5.74, 6) is 0.0966. The Morgan fingerprint density at radius 2 is 1.45 bits per heavy atom. The molecule has 0 unspecified atom stereocenters. The van der Waals surface area contributed by atoms with Gasteiger partial charge in [0, 0.05) is 23.1 Å². The molecule has 0 N–H and O–H groups in total. The second kappa shape index (κ2) is 8.94. The average Bonchev–Trinajstić information content (AvgIpc) is 2.78. The topological polar surface area (TPSA) is 12.9 Å². The van der Waals surface area contributed by atoms with Gasteiger partial charge in [-0.25, -0.2) is 9.37 Å². The molecule has 3 aromatic carbocycles. The predicted molar refractivity (Wildman–Crippen MR) is 116 cm³/mol. The van der Waals surface area contributed by atoms with E-state index in [1.54, 1.807) is 12.3 Å². The summed E-state index contributed by atoms with van der Waals surface area (Å²) in [5, 5.41) is 0.685. The van der Waals surface area contributed by atoms with Crippen molar-refractivity contribution in [1.29, 1.82) is 0 Å². The minimum Gasteiger partial charge on any atom is -0.249 e. The number of benzene rings is 3. The molecule has 0 spiro atoms. The van der Waals surface area contributed by atoms with Gasteiger partial charge in [0.2, 0.25) is 0 Å². The number of halogens is 4. The van der Waals surface area contributed by atoms with E-state index in [0.29, 0.717) is 16.3 Å². The molecule has 4 aromatic rings. The number of pyridine rings is 1. The maximum absolute atomic E-state index is 13.9.